The van der Waals surface area contributed by atoms with Crippen LogP contribution in [0.25, 0.3) is 0 Å². The Hall–Kier alpha value is -2.16. The molecule has 0 bridgehead atoms. The zero-order valence-electron chi connectivity index (χ0n) is 22.3. The van der Waals surface area contributed by atoms with Crippen molar-refractivity contribution in [1.82, 2.24) is 26.6 Å². The first-order chi connectivity index (χ1) is 16.8. The van der Waals surface area contributed by atoms with E-state index in [0.717, 1.165) is 38.6 Å². The minimum absolute atomic E-state index is 0.112. The van der Waals surface area contributed by atoms with E-state index in [-0.39, 0.29) is 42.6 Å². The van der Waals surface area contributed by atoms with Gasteiger partial charge in [0.05, 0.1) is 6.54 Å². The van der Waals surface area contributed by atoms with Crippen LogP contribution in [0.4, 0.5) is 0 Å². The van der Waals surface area contributed by atoms with E-state index in [4.69, 9.17) is 0 Å². The summed E-state index contributed by atoms with van der Waals surface area (Å²) in [6, 6.07) is -1.83. The molecular weight excluding hydrogens is 446 g/mol. The Bertz CT molecular complexity index is 656. The fraction of sp³-hybridized carbons (Fsp3) is 0.846. The van der Waals surface area contributed by atoms with Crippen molar-refractivity contribution < 1.29 is 19.2 Å². The molecule has 9 heteroatoms. The van der Waals surface area contributed by atoms with Gasteiger partial charge in [-0.2, -0.15) is 0 Å². The maximum atomic E-state index is 13.1. The number of amides is 4. The summed E-state index contributed by atoms with van der Waals surface area (Å²) in [6.07, 6.45) is 10.9. The zero-order chi connectivity index (χ0) is 26.1. The standard InChI is InChI=1S/C26H49N5O4/c1-5-6-7-8-9-10-11-14-20-17-22(32)28-18-23(33)30-21(15-12-13-16-27-4)25(34)31-24(19(2)3)26(35)29-20/h19-21,24,27H,5-18H2,1-4H3,(H,28,32)(H,29,35)(H,30,33)(H,31,34)/t20?,21-,24?/m0/s1. The van der Waals surface area contributed by atoms with Crippen LogP contribution in [0, 0.1) is 5.92 Å². The van der Waals surface area contributed by atoms with Crippen molar-refractivity contribution in [3.8, 4) is 0 Å². The van der Waals surface area contributed by atoms with Crippen LogP contribution in [0.1, 0.15) is 97.8 Å². The summed E-state index contributed by atoms with van der Waals surface area (Å²) in [5.74, 6) is -1.48. The molecule has 1 aliphatic rings. The highest BCUT2D eigenvalue weighted by molar-refractivity contribution is 5.94. The third-order valence-electron chi connectivity index (χ3n) is 6.45. The maximum absolute atomic E-state index is 13.1. The summed E-state index contributed by atoms with van der Waals surface area (Å²) in [5, 5.41) is 14.3. The number of unbranched alkanes of at least 4 members (excludes halogenated alkanes) is 7. The van der Waals surface area contributed by atoms with Crippen LogP contribution >= 0.6 is 0 Å². The molecule has 1 saturated heterocycles. The van der Waals surface area contributed by atoms with E-state index >= 15 is 0 Å². The van der Waals surface area contributed by atoms with Gasteiger partial charge < -0.3 is 26.6 Å². The lowest BCUT2D eigenvalue weighted by Gasteiger charge is -2.27. The molecule has 202 valence electrons. The topological polar surface area (TPSA) is 128 Å². The minimum Gasteiger partial charge on any atom is -0.351 e. The number of hydrogen-bond acceptors (Lipinski definition) is 5. The van der Waals surface area contributed by atoms with Gasteiger partial charge in [-0.15, -0.1) is 0 Å². The Morgan fingerprint density at radius 3 is 2.11 bits per heavy atom. The molecule has 1 heterocycles. The van der Waals surface area contributed by atoms with Crippen LogP contribution in [-0.4, -0.2) is 61.9 Å². The van der Waals surface area contributed by atoms with Gasteiger partial charge in [0.15, 0.2) is 0 Å². The van der Waals surface area contributed by atoms with Crippen molar-refractivity contribution in [2.75, 3.05) is 20.1 Å². The zero-order valence-corrected chi connectivity index (χ0v) is 22.3. The molecule has 0 aromatic rings. The second-order valence-corrected chi connectivity index (χ2v) is 10.0. The third kappa shape index (κ3) is 13.5. The van der Waals surface area contributed by atoms with E-state index < -0.39 is 18.0 Å². The summed E-state index contributed by atoms with van der Waals surface area (Å²) in [6.45, 7) is 6.57. The summed E-state index contributed by atoms with van der Waals surface area (Å²) in [7, 11) is 1.86. The normalized spacial score (nSPS) is 22.4. The first-order valence-electron chi connectivity index (χ1n) is 13.6. The van der Waals surface area contributed by atoms with E-state index in [0.29, 0.717) is 12.8 Å². The van der Waals surface area contributed by atoms with E-state index in [1.54, 1.807) is 0 Å². The largest absolute Gasteiger partial charge is 0.351 e. The van der Waals surface area contributed by atoms with Crippen molar-refractivity contribution in [1.29, 1.82) is 0 Å². The van der Waals surface area contributed by atoms with Gasteiger partial charge in [-0.3, -0.25) is 19.2 Å². The lowest BCUT2D eigenvalue weighted by molar-refractivity contribution is -0.133. The fourth-order valence-electron chi connectivity index (χ4n) is 4.29. The molecule has 5 N–H and O–H groups in total. The Balaban J connectivity index is 2.86. The smallest absolute Gasteiger partial charge is 0.243 e. The Morgan fingerprint density at radius 1 is 0.800 bits per heavy atom. The molecule has 3 atom stereocenters. The van der Waals surface area contributed by atoms with Gasteiger partial charge in [0.25, 0.3) is 0 Å². The van der Waals surface area contributed by atoms with E-state index in [1.807, 2.05) is 20.9 Å². The van der Waals surface area contributed by atoms with E-state index in [1.165, 1.54) is 25.7 Å². The highest BCUT2D eigenvalue weighted by Gasteiger charge is 2.30. The van der Waals surface area contributed by atoms with Crippen molar-refractivity contribution >= 4 is 23.6 Å². The third-order valence-corrected chi connectivity index (χ3v) is 6.45. The van der Waals surface area contributed by atoms with Crippen LogP contribution < -0.4 is 26.6 Å². The number of nitrogens with one attached hydrogen (secondary N) is 5. The van der Waals surface area contributed by atoms with Gasteiger partial charge >= 0.3 is 0 Å². The molecular formula is C26H49N5O4. The highest BCUT2D eigenvalue weighted by atomic mass is 16.2. The molecule has 0 saturated carbocycles. The maximum Gasteiger partial charge on any atom is 0.243 e. The van der Waals surface area contributed by atoms with Crippen molar-refractivity contribution in [3.63, 3.8) is 0 Å². The summed E-state index contributed by atoms with van der Waals surface area (Å²) < 4.78 is 0. The average molecular weight is 496 g/mol. The molecule has 0 aromatic heterocycles. The summed E-state index contributed by atoms with van der Waals surface area (Å²) in [5.41, 5.74) is 0. The predicted octanol–water partition coefficient (Wildman–Crippen LogP) is 2.15. The quantitative estimate of drug-likeness (QED) is 0.236. The molecule has 9 nitrogen and oxygen atoms in total. The molecule has 35 heavy (non-hydrogen) atoms. The second kappa shape index (κ2) is 18.2. The number of carbonyl (C=O) groups is 4. The highest BCUT2D eigenvalue weighted by Crippen LogP contribution is 2.13. The minimum atomic E-state index is -0.755. The van der Waals surface area contributed by atoms with Gasteiger partial charge in [0.1, 0.15) is 12.1 Å². The van der Waals surface area contributed by atoms with Gasteiger partial charge in [-0.05, 0) is 45.2 Å². The van der Waals surface area contributed by atoms with Crippen LogP contribution in [-0.2, 0) is 19.2 Å². The van der Waals surface area contributed by atoms with Crippen LogP contribution in [0.5, 0.6) is 0 Å². The molecule has 1 fully saturated rings. The molecule has 0 radical (unpaired) electrons. The first-order valence-corrected chi connectivity index (χ1v) is 13.6. The summed E-state index contributed by atoms with van der Waals surface area (Å²) >= 11 is 0. The van der Waals surface area contributed by atoms with Crippen LogP contribution in [0.2, 0.25) is 0 Å². The molecule has 0 aromatic carbocycles. The molecule has 1 rings (SSSR count). The monoisotopic (exact) mass is 495 g/mol. The molecule has 0 spiro atoms. The van der Waals surface area contributed by atoms with Gasteiger partial charge in [-0.25, -0.2) is 0 Å². The van der Waals surface area contributed by atoms with Gasteiger partial charge in [0, 0.05) is 12.5 Å². The second-order valence-electron chi connectivity index (χ2n) is 10.0. The average Bonchev–Trinajstić information content (AvgIpc) is 2.81. The van der Waals surface area contributed by atoms with Crippen molar-refractivity contribution in [2.45, 2.75) is 116 Å². The number of rotatable bonds is 14. The van der Waals surface area contributed by atoms with Crippen LogP contribution in [0.3, 0.4) is 0 Å². The predicted molar refractivity (Wildman–Crippen MR) is 139 cm³/mol. The first kappa shape index (κ1) is 30.9. The molecule has 2 unspecified atom stereocenters. The fourth-order valence-corrected chi connectivity index (χ4v) is 4.29. The lowest BCUT2D eigenvalue weighted by atomic mass is 9.99. The van der Waals surface area contributed by atoms with Gasteiger partial charge in [0.2, 0.25) is 23.6 Å². The molecule has 0 aliphatic carbocycles. The lowest BCUT2D eigenvalue weighted by Crippen LogP contribution is -2.56. The summed E-state index contributed by atoms with van der Waals surface area (Å²) in [4.78, 5) is 51.2. The Kier molecular flexibility index (Phi) is 16.0. The number of carbonyl (C=O) groups excluding carboxylic acids is 4. The Morgan fingerprint density at radius 2 is 1.46 bits per heavy atom. The van der Waals surface area contributed by atoms with Gasteiger partial charge in [-0.1, -0.05) is 65.7 Å². The number of hydrogen-bond donors (Lipinski definition) is 5. The van der Waals surface area contributed by atoms with Crippen molar-refractivity contribution in [3.05, 3.63) is 0 Å². The Labute approximate surface area is 211 Å². The van der Waals surface area contributed by atoms with E-state index in [9.17, 15) is 19.2 Å². The van der Waals surface area contributed by atoms with Crippen molar-refractivity contribution in [2.24, 2.45) is 5.92 Å². The molecule has 4 amide bonds. The SMILES string of the molecule is CCCCCCCCCC1CC(=O)NCC(=O)N[C@@H](CCCCNC)C(=O)NC(C(C)C)C(=O)N1. The molecule has 1 aliphatic heterocycles. The van der Waals surface area contributed by atoms with E-state index in [2.05, 4.69) is 33.5 Å². The van der Waals surface area contributed by atoms with Crippen LogP contribution in [0.15, 0.2) is 0 Å².